The number of carbonyl (C=O) groups excluding carboxylic acids is 1. The summed E-state index contributed by atoms with van der Waals surface area (Å²) in [5, 5.41) is 1.05. The van der Waals surface area contributed by atoms with Gasteiger partial charge < -0.3 is 19.5 Å². The smallest absolute Gasteiger partial charge is 0.270 e. The van der Waals surface area contributed by atoms with Crippen molar-refractivity contribution in [1.29, 1.82) is 0 Å². The predicted octanol–water partition coefficient (Wildman–Crippen LogP) is 1.99. The zero-order chi connectivity index (χ0) is 18.2. The van der Waals surface area contributed by atoms with Crippen LogP contribution in [-0.2, 0) is 17.7 Å². The van der Waals surface area contributed by atoms with Gasteiger partial charge in [0.2, 0.25) is 5.95 Å². The lowest BCUT2D eigenvalue weighted by atomic mass is 10.1. The van der Waals surface area contributed by atoms with Gasteiger partial charge in [0.1, 0.15) is 5.69 Å². The minimum atomic E-state index is 0.0170. The first-order chi connectivity index (χ1) is 13.3. The number of benzene rings is 1. The number of hydrogen-bond acceptors (Lipinski definition) is 5. The molecule has 0 spiro atoms. The summed E-state index contributed by atoms with van der Waals surface area (Å²) in [7, 11) is 0. The second-order valence-electron chi connectivity index (χ2n) is 6.99. The number of morpholine rings is 1. The highest BCUT2D eigenvalue weighted by Crippen LogP contribution is 2.22. The fourth-order valence-electron chi connectivity index (χ4n) is 3.74. The maximum atomic E-state index is 13.0. The maximum absolute atomic E-state index is 13.0. The number of nitrogens with one attached hydrogen (secondary N) is 1. The van der Waals surface area contributed by atoms with Crippen molar-refractivity contribution in [1.82, 2.24) is 19.9 Å². The second-order valence-corrected chi connectivity index (χ2v) is 6.99. The van der Waals surface area contributed by atoms with E-state index in [0.29, 0.717) is 32.0 Å². The molecule has 1 fully saturated rings. The minimum absolute atomic E-state index is 0.0170. The standard InChI is InChI=1S/C20H21N5O2/c26-19(17-11-14-3-1-2-4-16(14)22-17)25-6-5-15-12-21-20(23-18(15)13-25)24-7-9-27-10-8-24/h1-4,11-12,22H,5-10,13H2. The normalized spacial score (nSPS) is 17.2. The Morgan fingerprint density at radius 3 is 2.85 bits per heavy atom. The van der Waals surface area contributed by atoms with Crippen molar-refractivity contribution in [2.45, 2.75) is 13.0 Å². The van der Waals surface area contributed by atoms with E-state index in [1.807, 2.05) is 41.4 Å². The molecule has 1 amide bonds. The van der Waals surface area contributed by atoms with E-state index < -0.39 is 0 Å². The van der Waals surface area contributed by atoms with Gasteiger partial charge >= 0.3 is 0 Å². The van der Waals surface area contributed by atoms with Crippen LogP contribution in [0.5, 0.6) is 0 Å². The Morgan fingerprint density at radius 2 is 2.00 bits per heavy atom. The fourth-order valence-corrected chi connectivity index (χ4v) is 3.74. The molecule has 4 heterocycles. The van der Waals surface area contributed by atoms with Crippen LogP contribution in [0, 0.1) is 0 Å². The summed E-state index contributed by atoms with van der Waals surface area (Å²) in [6.45, 7) is 4.20. The van der Waals surface area contributed by atoms with Crippen molar-refractivity contribution in [3.8, 4) is 0 Å². The maximum Gasteiger partial charge on any atom is 0.270 e. The molecule has 7 heteroatoms. The number of H-pyrrole nitrogens is 1. The zero-order valence-electron chi connectivity index (χ0n) is 15.0. The average molecular weight is 363 g/mol. The van der Waals surface area contributed by atoms with E-state index in [1.54, 1.807) is 0 Å². The number of anilines is 1. The SMILES string of the molecule is O=C(c1cc2ccccc2[nH]1)N1CCc2cnc(N3CCOCC3)nc2C1. The molecule has 27 heavy (non-hydrogen) atoms. The Hall–Kier alpha value is -2.93. The Labute approximate surface area is 157 Å². The average Bonchev–Trinajstić information content (AvgIpc) is 3.17. The van der Waals surface area contributed by atoms with Gasteiger partial charge in [-0.05, 0) is 24.1 Å². The number of nitrogens with zero attached hydrogens (tertiary/aromatic N) is 4. The van der Waals surface area contributed by atoms with E-state index in [2.05, 4.69) is 14.9 Å². The van der Waals surface area contributed by atoms with Crippen molar-refractivity contribution < 1.29 is 9.53 Å². The molecule has 0 saturated carbocycles. The summed E-state index contributed by atoms with van der Waals surface area (Å²) in [6, 6.07) is 9.86. The van der Waals surface area contributed by atoms with E-state index in [-0.39, 0.29) is 5.91 Å². The van der Waals surface area contributed by atoms with Crippen molar-refractivity contribution in [2.24, 2.45) is 0 Å². The second kappa shape index (κ2) is 6.66. The van der Waals surface area contributed by atoms with Crippen LogP contribution in [0.2, 0.25) is 0 Å². The van der Waals surface area contributed by atoms with Gasteiger partial charge in [0.05, 0.1) is 25.5 Å². The molecule has 2 aliphatic heterocycles. The predicted molar refractivity (Wildman–Crippen MR) is 102 cm³/mol. The number of amides is 1. The van der Waals surface area contributed by atoms with Crippen LogP contribution in [0.25, 0.3) is 10.9 Å². The van der Waals surface area contributed by atoms with Gasteiger partial charge in [-0.25, -0.2) is 9.97 Å². The molecule has 0 bridgehead atoms. The summed E-state index contributed by atoms with van der Waals surface area (Å²) >= 11 is 0. The molecular formula is C20H21N5O2. The van der Waals surface area contributed by atoms with Gasteiger partial charge in [0.15, 0.2) is 0 Å². The molecule has 3 aromatic rings. The fraction of sp³-hybridized carbons (Fsp3) is 0.350. The molecule has 0 atom stereocenters. The zero-order valence-corrected chi connectivity index (χ0v) is 15.0. The lowest BCUT2D eigenvalue weighted by molar-refractivity contribution is 0.0726. The molecule has 1 N–H and O–H groups in total. The van der Waals surface area contributed by atoms with E-state index in [1.165, 1.54) is 0 Å². The van der Waals surface area contributed by atoms with Crippen LogP contribution in [-0.4, -0.2) is 58.6 Å². The molecule has 138 valence electrons. The molecule has 0 radical (unpaired) electrons. The summed E-state index contributed by atoms with van der Waals surface area (Å²) in [4.78, 5) is 29.5. The summed E-state index contributed by atoms with van der Waals surface area (Å²) in [5.74, 6) is 0.750. The van der Waals surface area contributed by atoms with Crippen molar-refractivity contribution in [3.05, 3.63) is 53.5 Å². The lowest BCUT2D eigenvalue weighted by Gasteiger charge is -2.30. The number of aromatic nitrogens is 3. The Bertz CT molecular complexity index is 960. The van der Waals surface area contributed by atoms with Crippen molar-refractivity contribution in [3.63, 3.8) is 0 Å². The molecule has 2 aromatic heterocycles. The van der Waals surface area contributed by atoms with E-state index in [0.717, 1.165) is 47.6 Å². The minimum Gasteiger partial charge on any atom is -0.378 e. The lowest BCUT2D eigenvalue weighted by Crippen LogP contribution is -2.39. The Morgan fingerprint density at radius 1 is 1.15 bits per heavy atom. The van der Waals surface area contributed by atoms with E-state index in [4.69, 9.17) is 9.72 Å². The largest absolute Gasteiger partial charge is 0.378 e. The van der Waals surface area contributed by atoms with Gasteiger partial charge in [-0.1, -0.05) is 18.2 Å². The van der Waals surface area contributed by atoms with Crippen LogP contribution in [0.3, 0.4) is 0 Å². The number of carbonyl (C=O) groups is 1. The summed E-state index contributed by atoms with van der Waals surface area (Å²) in [5.41, 5.74) is 3.69. The van der Waals surface area contributed by atoms with Gasteiger partial charge in [-0.2, -0.15) is 0 Å². The van der Waals surface area contributed by atoms with Gasteiger partial charge in [0.25, 0.3) is 5.91 Å². The molecule has 0 aliphatic carbocycles. The van der Waals surface area contributed by atoms with Crippen LogP contribution in [0.1, 0.15) is 21.7 Å². The Kier molecular flexibility index (Phi) is 4.01. The highest BCUT2D eigenvalue weighted by Gasteiger charge is 2.25. The van der Waals surface area contributed by atoms with Crippen LogP contribution in [0.4, 0.5) is 5.95 Å². The van der Waals surface area contributed by atoms with Crippen molar-refractivity contribution >= 4 is 22.8 Å². The first-order valence-corrected chi connectivity index (χ1v) is 9.32. The molecule has 0 unspecified atom stereocenters. The van der Waals surface area contributed by atoms with Crippen LogP contribution < -0.4 is 4.90 Å². The number of para-hydroxylation sites is 1. The highest BCUT2D eigenvalue weighted by atomic mass is 16.5. The van der Waals surface area contributed by atoms with E-state index >= 15 is 0 Å². The first-order valence-electron chi connectivity index (χ1n) is 9.32. The number of rotatable bonds is 2. The van der Waals surface area contributed by atoms with Gasteiger partial charge in [0, 0.05) is 36.7 Å². The monoisotopic (exact) mass is 363 g/mol. The highest BCUT2D eigenvalue weighted by molar-refractivity contribution is 5.98. The topological polar surface area (TPSA) is 74.4 Å². The number of aromatic amines is 1. The van der Waals surface area contributed by atoms with Crippen LogP contribution in [0.15, 0.2) is 36.5 Å². The molecule has 7 nitrogen and oxygen atoms in total. The third-order valence-corrected chi connectivity index (χ3v) is 5.27. The third kappa shape index (κ3) is 3.04. The molecule has 1 saturated heterocycles. The number of hydrogen-bond donors (Lipinski definition) is 1. The molecular weight excluding hydrogens is 342 g/mol. The van der Waals surface area contributed by atoms with Gasteiger partial charge in [-0.15, -0.1) is 0 Å². The third-order valence-electron chi connectivity index (χ3n) is 5.27. The van der Waals surface area contributed by atoms with Crippen molar-refractivity contribution in [2.75, 3.05) is 37.7 Å². The first kappa shape index (κ1) is 16.3. The summed E-state index contributed by atoms with van der Waals surface area (Å²) in [6.07, 6.45) is 2.70. The quantitative estimate of drug-likeness (QED) is 0.754. The van der Waals surface area contributed by atoms with E-state index in [9.17, 15) is 4.79 Å². The molecule has 5 rings (SSSR count). The molecule has 2 aliphatic rings. The summed E-state index contributed by atoms with van der Waals surface area (Å²) < 4.78 is 5.40. The molecule has 1 aromatic carbocycles. The number of fused-ring (bicyclic) bond motifs is 2. The Balaban J connectivity index is 1.38. The van der Waals surface area contributed by atoms with Crippen LogP contribution >= 0.6 is 0 Å². The van der Waals surface area contributed by atoms with Gasteiger partial charge in [-0.3, -0.25) is 4.79 Å². The number of ether oxygens (including phenoxy) is 1.